The molecule has 1 aliphatic heterocycles. The van der Waals surface area contributed by atoms with Crippen LogP contribution in [0, 0.1) is 5.92 Å². The van der Waals surface area contributed by atoms with Crippen LogP contribution < -0.4 is 5.73 Å². The molecule has 0 unspecified atom stereocenters. The minimum Gasteiger partial charge on any atom is -0.368 e. The maximum absolute atomic E-state index is 5.68. The van der Waals surface area contributed by atoms with Crippen LogP contribution in [-0.2, 0) is 6.42 Å². The van der Waals surface area contributed by atoms with Gasteiger partial charge >= 0.3 is 0 Å². The Kier molecular flexibility index (Phi) is 4.16. The Morgan fingerprint density at radius 3 is 2.82 bits per heavy atom. The van der Waals surface area contributed by atoms with Crippen LogP contribution in [0.3, 0.4) is 0 Å². The van der Waals surface area contributed by atoms with E-state index in [1.807, 2.05) is 18.5 Å². The van der Waals surface area contributed by atoms with Crippen molar-refractivity contribution in [2.75, 3.05) is 25.9 Å². The Balaban J connectivity index is 1.47. The number of nitrogens with two attached hydrogens (primary N) is 1. The monoisotopic (exact) mass is 373 g/mol. The Morgan fingerprint density at radius 2 is 1.96 bits per heavy atom. The zero-order valence-electron chi connectivity index (χ0n) is 15.9. The van der Waals surface area contributed by atoms with Gasteiger partial charge in [0.2, 0.25) is 5.95 Å². The highest BCUT2D eigenvalue weighted by atomic mass is 15.1. The SMILES string of the molecule is CN1CCC(Cc2cnc3ccc(-c4c[nH]c5nc(N)ncc45)cc3n2)CC1. The number of rotatable bonds is 3. The van der Waals surface area contributed by atoms with Gasteiger partial charge in [0.1, 0.15) is 5.65 Å². The average molecular weight is 373 g/mol. The minimum absolute atomic E-state index is 0.267. The Morgan fingerprint density at radius 1 is 1.11 bits per heavy atom. The highest BCUT2D eigenvalue weighted by Crippen LogP contribution is 2.29. The molecule has 0 radical (unpaired) electrons. The molecule has 0 saturated carbocycles. The summed E-state index contributed by atoms with van der Waals surface area (Å²) in [5.41, 5.74) is 11.4. The second-order valence-electron chi connectivity index (χ2n) is 7.71. The van der Waals surface area contributed by atoms with Gasteiger partial charge in [-0.25, -0.2) is 9.97 Å². The van der Waals surface area contributed by atoms with E-state index in [0.29, 0.717) is 5.92 Å². The lowest BCUT2D eigenvalue weighted by atomic mass is 9.92. The summed E-state index contributed by atoms with van der Waals surface area (Å²) in [6, 6.07) is 6.18. The molecule has 0 amide bonds. The summed E-state index contributed by atoms with van der Waals surface area (Å²) in [5, 5.41) is 0.948. The normalized spacial score (nSPS) is 16.2. The molecule has 5 rings (SSSR count). The van der Waals surface area contributed by atoms with E-state index in [1.165, 1.54) is 25.9 Å². The number of benzene rings is 1. The number of piperidine rings is 1. The smallest absolute Gasteiger partial charge is 0.221 e. The van der Waals surface area contributed by atoms with Gasteiger partial charge in [-0.2, -0.15) is 4.98 Å². The largest absolute Gasteiger partial charge is 0.368 e. The molecule has 142 valence electrons. The molecular formula is C21H23N7. The van der Waals surface area contributed by atoms with Gasteiger partial charge in [0, 0.05) is 29.5 Å². The average Bonchev–Trinajstić information content (AvgIpc) is 3.12. The summed E-state index contributed by atoms with van der Waals surface area (Å²) >= 11 is 0. The zero-order chi connectivity index (χ0) is 19.1. The fourth-order valence-corrected chi connectivity index (χ4v) is 4.04. The van der Waals surface area contributed by atoms with Crippen molar-refractivity contribution in [3.63, 3.8) is 0 Å². The van der Waals surface area contributed by atoms with E-state index in [1.54, 1.807) is 6.20 Å². The molecule has 0 bridgehead atoms. The van der Waals surface area contributed by atoms with Crippen LogP contribution >= 0.6 is 0 Å². The number of nitrogen functional groups attached to an aromatic ring is 1. The fraction of sp³-hybridized carbons (Fsp3) is 0.333. The molecule has 28 heavy (non-hydrogen) atoms. The molecule has 0 aliphatic carbocycles. The van der Waals surface area contributed by atoms with E-state index in [-0.39, 0.29) is 5.95 Å². The second-order valence-corrected chi connectivity index (χ2v) is 7.71. The molecule has 1 saturated heterocycles. The number of H-pyrrole nitrogens is 1. The standard InChI is InChI=1S/C21H23N7/c1-28-6-4-13(5-7-28)8-15-10-23-18-3-2-14(9-19(18)26-15)16-11-24-20-17(16)12-25-21(22)27-20/h2-3,9-13H,4-8H2,1H3,(H3,22,24,25,27). The predicted molar refractivity (Wildman–Crippen MR) is 111 cm³/mol. The van der Waals surface area contributed by atoms with Gasteiger partial charge in [-0.05, 0) is 63.0 Å². The van der Waals surface area contributed by atoms with E-state index in [9.17, 15) is 0 Å². The van der Waals surface area contributed by atoms with Crippen molar-refractivity contribution in [3.05, 3.63) is 42.5 Å². The first-order valence-corrected chi connectivity index (χ1v) is 9.70. The molecular weight excluding hydrogens is 350 g/mol. The number of fused-ring (bicyclic) bond motifs is 2. The Labute approximate surface area is 163 Å². The van der Waals surface area contributed by atoms with E-state index in [2.05, 4.69) is 44.0 Å². The third-order valence-corrected chi connectivity index (χ3v) is 5.69. The number of nitrogens with zero attached hydrogens (tertiary/aromatic N) is 5. The molecule has 4 heterocycles. The molecule has 1 fully saturated rings. The number of hydrogen-bond donors (Lipinski definition) is 2. The van der Waals surface area contributed by atoms with Gasteiger partial charge in [-0.1, -0.05) is 6.07 Å². The highest BCUT2D eigenvalue weighted by molar-refractivity contribution is 5.95. The zero-order valence-corrected chi connectivity index (χ0v) is 15.9. The van der Waals surface area contributed by atoms with Crippen molar-refractivity contribution in [2.45, 2.75) is 19.3 Å². The van der Waals surface area contributed by atoms with Gasteiger partial charge in [0.05, 0.1) is 16.7 Å². The predicted octanol–water partition coefficient (Wildman–Crippen LogP) is 3.03. The van der Waals surface area contributed by atoms with Crippen molar-refractivity contribution >= 4 is 28.0 Å². The molecule has 3 aromatic heterocycles. The summed E-state index contributed by atoms with van der Waals surface area (Å²) in [5.74, 6) is 0.964. The van der Waals surface area contributed by atoms with Crippen molar-refractivity contribution in [3.8, 4) is 11.1 Å². The van der Waals surface area contributed by atoms with Gasteiger partial charge in [0.25, 0.3) is 0 Å². The molecule has 4 aromatic rings. The van der Waals surface area contributed by atoms with Gasteiger partial charge < -0.3 is 15.6 Å². The summed E-state index contributed by atoms with van der Waals surface area (Å²) in [4.78, 5) is 23.5. The van der Waals surface area contributed by atoms with Gasteiger partial charge in [0.15, 0.2) is 0 Å². The van der Waals surface area contributed by atoms with Crippen molar-refractivity contribution < 1.29 is 0 Å². The molecule has 0 atom stereocenters. The lowest BCUT2D eigenvalue weighted by Crippen LogP contribution is -2.31. The summed E-state index contributed by atoms with van der Waals surface area (Å²) in [6.07, 6.45) is 9.10. The number of aromatic amines is 1. The Hall–Kier alpha value is -3.06. The summed E-state index contributed by atoms with van der Waals surface area (Å²) in [7, 11) is 2.19. The topological polar surface area (TPSA) is 96.6 Å². The van der Waals surface area contributed by atoms with E-state index in [4.69, 9.17) is 10.7 Å². The summed E-state index contributed by atoms with van der Waals surface area (Å²) in [6.45, 7) is 2.34. The molecule has 1 aliphatic rings. The van der Waals surface area contributed by atoms with Crippen LogP contribution in [0.5, 0.6) is 0 Å². The molecule has 3 N–H and O–H groups in total. The highest BCUT2D eigenvalue weighted by Gasteiger charge is 2.18. The van der Waals surface area contributed by atoms with Crippen LogP contribution in [0.1, 0.15) is 18.5 Å². The first kappa shape index (κ1) is 17.1. The maximum Gasteiger partial charge on any atom is 0.221 e. The van der Waals surface area contributed by atoms with Crippen LogP contribution in [0.2, 0.25) is 0 Å². The first-order valence-electron chi connectivity index (χ1n) is 9.70. The molecule has 1 aromatic carbocycles. The quantitative estimate of drug-likeness (QED) is 0.573. The van der Waals surface area contributed by atoms with Crippen LogP contribution in [0.15, 0.2) is 36.8 Å². The molecule has 7 heteroatoms. The Bertz CT molecular complexity index is 1140. The van der Waals surface area contributed by atoms with E-state index < -0.39 is 0 Å². The lowest BCUT2D eigenvalue weighted by molar-refractivity contribution is 0.218. The van der Waals surface area contributed by atoms with Crippen molar-refractivity contribution in [1.29, 1.82) is 0 Å². The van der Waals surface area contributed by atoms with Crippen LogP contribution in [0.4, 0.5) is 5.95 Å². The number of anilines is 1. The van der Waals surface area contributed by atoms with Crippen LogP contribution in [0.25, 0.3) is 33.2 Å². The number of hydrogen-bond acceptors (Lipinski definition) is 6. The molecule has 7 nitrogen and oxygen atoms in total. The first-order chi connectivity index (χ1) is 13.7. The third kappa shape index (κ3) is 3.18. The van der Waals surface area contributed by atoms with E-state index in [0.717, 1.165) is 45.3 Å². The lowest BCUT2D eigenvalue weighted by Gasteiger charge is -2.28. The summed E-state index contributed by atoms with van der Waals surface area (Å²) < 4.78 is 0. The van der Waals surface area contributed by atoms with Crippen LogP contribution in [-0.4, -0.2) is 50.0 Å². The maximum atomic E-state index is 5.68. The minimum atomic E-state index is 0.267. The number of nitrogens with one attached hydrogen (secondary N) is 1. The second kappa shape index (κ2) is 6.83. The molecule has 0 spiro atoms. The van der Waals surface area contributed by atoms with Crippen molar-refractivity contribution in [1.82, 2.24) is 29.8 Å². The fourth-order valence-electron chi connectivity index (χ4n) is 4.04. The van der Waals surface area contributed by atoms with E-state index >= 15 is 0 Å². The van der Waals surface area contributed by atoms with Gasteiger partial charge in [-0.3, -0.25) is 4.98 Å². The third-order valence-electron chi connectivity index (χ3n) is 5.69. The van der Waals surface area contributed by atoms with Gasteiger partial charge in [-0.15, -0.1) is 0 Å². The number of likely N-dealkylation sites (tertiary alicyclic amines) is 1. The number of aromatic nitrogens is 5. The van der Waals surface area contributed by atoms with Crippen molar-refractivity contribution in [2.24, 2.45) is 5.92 Å².